The molecule has 0 amide bonds. The van der Waals surface area contributed by atoms with E-state index in [0.29, 0.717) is 18.5 Å². The summed E-state index contributed by atoms with van der Waals surface area (Å²) >= 11 is 0. The third-order valence-corrected chi connectivity index (χ3v) is 6.20. The average Bonchev–Trinajstić information content (AvgIpc) is 2.53. The Balaban J connectivity index is 2.02. The predicted octanol–water partition coefficient (Wildman–Crippen LogP) is 3.33. The van der Waals surface area contributed by atoms with Crippen LogP contribution in [0.3, 0.4) is 0 Å². The van der Waals surface area contributed by atoms with Gasteiger partial charge in [-0.25, -0.2) is 8.42 Å². The van der Waals surface area contributed by atoms with Crippen LogP contribution in [-0.2, 0) is 9.84 Å². The second-order valence-electron chi connectivity index (χ2n) is 5.98. The molecule has 0 saturated heterocycles. The standard InChI is InChI=1S/C17H27NO2S/c1-2-21(19,20)14-13-18-17(15-9-5-3-6-10-15)16-11-7-4-8-12-16/h3,5-6,9-10,16-18H,2,4,7-8,11-14H2,1H3. The Bertz CT molecular complexity index is 507. The lowest BCUT2D eigenvalue weighted by Gasteiger charge is -2.31. The summed E-state index contributed by atoms with van der Waals surface area (Å²) in [5.74, 6) is 1.10. The van der Waals surface area contributed by atoms with E-state index >= 15 is 0 Å². The molecule has 0 spiro atoms. The average molecular weight is 309 g/mol. The van der Waals surface area contributed by atoms with Crippen molar-refractivity contribution in [3.05, 3.63) is 35.9 Å². The molecule has 0 aliphatic heterocycles. The van der Waals surface area contributed by atoms with Gasteiger partial charge >= 0.3 is 0 Å². The molecule has 1 atom stereocenters. The molecule has 4 heteroatoms. The van der Waals surface area contributed by atoms with Crippen LogP contribution in [0.5, 0.6) is 0 Å². The fourth-order valence-corrected chi connectivity index (χ4v) is 3.92. The van der Waals surface area contributed by atoms with Crippen LogP contribution >= 0.6 is 0 Å². The van der Waals surface area contributed by atoms with Gasteiger partial charge in [-0.1, -0.05) is 56.5 Å². The van der Waals surface area contributed by atoms with Crippen LogP contribution in [0.4, 0.5) is 0 Å². The van der Waals surface area contributed by atoms with Crippen molar-refractivity contribution < 1.29 is 8.42 Å². The Labute approximate surface area is 129 Å². The van der Waals surface area contributed by atoms with E-state index in [2.05, 4.69) is 29.6 Å². The summed E-state index contributed by atoms with van der Waals surface area (Å²) in [5.41, 5.74) is 1.29. The molecule has 1 unspecified atom stereocenters. The Morgan fingerprint density at radius 2 is 1.81 bits per heavy atom. The highest BCUT2D eigenvalue weighted by Crippen LogP contribution is 2.34. The van der Waals surface area contributed by atoms with Gasteiger partial charge in [-0.15, -0.1) is 0 Å². The van der Waals surface area contributed by atoms with E-state index in [1.807, 2.05) is 6.07 Å². The molecule has 1 fully saturated rings. The monoisotopic (exact) mass is 309 g/mol. The van der Waals surface area contributed by atoms with Crippen molar-refractivity contribution in [2.75, 3.05) is 18.1 Å². The normalized spacial score (nSPS) is 18.5. The molecular weight excluding hydrogens is 282 g/mol. The Kier molecular flexibility index (Phi) is 6.24. The molecule has 118 valence electrons. The van der Waals surface area contributed by atoms with Crippen LogP contribution in [0.1, 0.15) is 50.6 Å². The minimum absolute atomic E-state index is 0.230. The highest BCUT2D eigenvalue weighted by molar-refractivity contribution is 7.91. The lowest BCUT2D eigenvalue weighted by molar-refractivity contribution is 0.274. The van der Waals surface area contributed by atoms with Gasteiger partial charge in [0.25, 0.3) is 0 Å². The fraction of sp³-hybridized carbons (Fsp3) is 0.647. The Morgan fingerprint density at radius 1 is 1.14 bits per heavy atom. The first-order valence-corrected chi connectivity index (χ1v) is 9.93. The highest BCUT2D eigenvalue weighted by atomic mass is 32.2. The van der Waals surface area contributed by atoms with E-state index in [1.54, 1.807) is 6.92 Å². The van der Waals surface area contributed by atoms with Gasteiger partial charge in [0.2, 0.25) is 0 Å². The van der Waals surface area contributed by atoms with E-state index in [-0.39, 0.29) is 11.5 Å². The first-order chi connectivity index (χ1) is 10.1. The minimum Gasteiger partial charge on any atom is -0.309 e. The topological polar surface area (TPSA) is 46.2 Å². The Morgan fingerprint density at radius 3 is 2.43 bits per heavy atom. The Hall–Kier alpha value is -0.870. The van der Waals surface area contributed by atoms with Crippen LogP contribution in [0, 0.1) is 5.92 Å². The molecule has 21 heavy (non-hydrogen) atoms. The van der Waals surface area contributed by atoms with E-state index < -0.39 is 9.84 Å². The molecule has 2 rings (SSSR count). The molecule has 0 heterocycles. The highest BCUT2D eigenvalue weighted by Gasteiger charge is 2.24. The van der Waals surface area contributed by atoms with Gasteiger partial charge in [0.05, 0.1) is 5.75 Å². The zero-order valence-corrected chi connectivity index (χ0v) is 13.7. The predicted molar refractivity (Wildman–Crippen MR) is 88.1 cm³/mol. The summed E-state index contributed by atoms with van der Waals surface area (Å²) in [4.78, 5) is 0. The van der Waals surface area contributed by atoms with E-state index in [4.69, 9.17) is 0 Å². The van der Waals surface area contributed by atoms with Crippen LogP contribution in [0.2, 0.25) is 0 Å². The van der Waals surface area contributed by atoms with E-state index in [1.165, 1.54) is 37.7 Å². The van der Waals surface area contributed by atoms with Crippen molar-refractivity contribution >= 4 is 9.84 Å². The van der Waals surface area contributed by atoms with Crippen molar-refractivity contribution in [3.8, 4) is 0 Å². The van der Waals surface area contributed by atoms with Crippen LogP contribution in [0.15, 0.2) is 30.3 Å². The third-order valence-electron chi connectivity index (χ3n) is 4.50. The number of nitrogens with one attached hydrogen (secondary N) is 1. The van der Waals surface area contributed by atoms with Crippen molar-refractivity contribution in [1.82, 2.24) is 5.32 Å². The SMILES string of the molecule is CCS(=O)(=O)CCNC(c1ccccc1)C1CCCCC1. The first-order valence-electron chi connectivity index (χ1n) is 8.11. The van der Waals surface area contributed by atoms with E-state index in [0.717, 1.165) is 0 Å². The van der Waals surface area contributed by atoms with Gasteiger partial charge in [-0.05, 0) is 24.3 Å². The van der Waals surface area contributed by atoms with Crippen molar-refractivity contribution in [2.24, 2.45) is 5.92 Å². The molecule has 1 aliphatic rings. The maximum absolute atomic E-state index is 11.7. The third kappa shape index (κ3) is 5.11. The van der Waals surface area contributed by atoms with Gasteiger partial charge in [0, 0.05) is 18.3 Å². The minimum atomic E-state index is -2.89. The van der Waals surface area contributed by atoms with Crippen LogP contribution in [0.25, 0.3) is 0 Å². The maximum atomic E-state index is 11.7. The second-order valence-corrected chi connectivity index (χ2v) is 8.45. The van der Waals surface area contributed by atoms with E-state index in [9.17, 15) is 8.42 Å². The summed E-state index contributed by atoms with van der Waals surface area (Å²) in [6.45, 7) is 2.26. The van der Waals surface area contributed by atoms with Crippen molar-refractivity contribution in [1.29, 1.82) is 0 Å². The zero-order valence-electron chi connectivity index (χ0n) is 12.9. The summed E-state index contributed by atoms with van der Waals surface area (Å²) in [6.07, 6.45) is 6.41. The van der Waals surface area contributed by atoms with Gasteiger partial charge in [0.15, 0.2) is 9.84 Å². The van der Waals surface area contributed by atoms with Gasteiger partial charge in [0.1, 0.15) is 0 Å². The van der Waals surface area contributed by atoms with Crippen molar-refractivity contribution in [2.45, 2.75) is 45.1 Å². The molecular formula is C17H27NO2S. The second kappa shape index (κ2) is 7.95. The van der Waals surface area contributed by atoms with Crippen LogP contribution in [-0.4, -0.2) is 26.5 Å². The molecule has 1 aromatic rings. The molecule has 0 bridgehead atoms. The summed E-state index contributed by atoms with van der Waals surface area (Å²) in [6, 6.07) is 10.8. The molecule has 1 saturated carbocycles. The van der Waals surface area contributed by atoms with Gasteiger partial charge < -0.3 is 5.32 Å². The summed E-state index contributed by atoms with van der Waals surface area (Å²) in [7, 11) is -2.89. The number of hydrogen-bond acceptors (Lipinski definition) is 3. The van der Waals surface area contributed by atoms with Crippen LogP contribution < -0.4 is 5.32 Å². The molecule has 1 aliphatic carbocycles. The fourth-order valence-electron chi connectivity index (χ4n) is 3.20. The lowest BCUT2D eigenvalue weighted by Crippen LogP contribution is -2.33. The van der Waals surface area contributed by atoms with Gasteiger partial charge in [-0.3, -0.25) is 0 Å². The lowest BCUT2D eigenvalue weighted by atomic mass is 9.81. The van der Waals surface area contributed by atoms with Gasteiger partial charge in [-0.2, -0.15) is 0 Å². The zero-order chi connectivity index (χ0) is 15.1. The first kappa shape index (κ1) is 16.5. The largest absolute Gasteiger partial charge is 0.309 e. The molecule has 1 aromatic carbocycles. The van der Waals surface area contributed by atoms with Crippen molar-refractivity contribution in [3.63, 3.8) is 0 Å². The summed E-state index contributed by atoms with van der Waals surface area (Å²) < 4.78 is 23.3. The molecule has 0 aromatic heterocycles. The smallest absolute Gasteiger partial charge is 0.151 e. The number of benzene rings is 1. The number of sulfone groups is 1. The number of rotatable bonds is 7. The molecule has 1 N–H and O–H groups in total. The quantitative estimate of drug-likeness (QED) is 0.840. The summed E-state index contributed by atoms with van der Waals surface area (Å²) in [5, 5.41) is 3.52. The maximum Gasteiger partial charge on any atom is 0.151 e. The number of hydrogen-bond donors (Lipinski definition) is 1. The molecule has 3 nitrogen and oxygen atoms in total. The molecule has 0 radical (unpaired) electrons.